The van der Waals surface area contributed by atoms with Crippen molar-refractivity contribution in [2.45, 2.75) is 44.1 Å². The molecule has 0 saturated heterocycles. The second-order valence-corrected chi connectivity index (χ2v) is 6.13. The van der Waals surface area contributed by atoms with Gasteiger partial charge in [-0.05, 0) is 30.4 Å². The lowest BCUT2D eigenvalue weighted by Crippen LogP contribution is -2.30. The highest BCUT2D eigenvalue weighted by Gasteiger charge is 2.35. The fourth-order valence-electron chi connectivity index (χ4n) is 3.04. The SMILES string of the molecule is C=CCCCC[C@@](C)(c1ccccc1)[C@H](O)c1ccccc1. The number of unbranched alkanes of at least 4 members (excludes halogenated alkanes) is 2. The molecule has 2 aromatic rings. The van der Waals surface area contributed by atoms with Gasteiger partial charge in [0.15, 0.2) is 0 Å². The van der Waals surface area contributed by atoms with E-state index in [2.05, 4.69) is 37.8 Å². The van der Waals surface area contributed by atoms with Gasteiger partial charge in [0, 0.05) is 5.41 Å². The minimum Gasteiger partial charge on any atom is -0.387 e. The Balaban J connectivity index is 2.26. The van der Waals surface area contributed by atoms with Gasteiger partial charge in [0.1, 0.15) is 0 Å². The Kier molecular flexibility index (Phi) is 5.97. The molecule has 0 heterocycles. The molecule has 2 atom stereocenters. The van der Waals surface area contributed by atoms with Gasteiger partial charge in [-0.15, -0.1) is 6.58 Å². The summed E-state index contributed by atoms with van der Waals surface area (Å²) < 4.78 is 0. The fourth-order valence-corrected chi connectivity index (χ4v) is 3.04. The van der Waals surface area contributed by atoms with Crippen molar-refractivity contribution < 1.29 is 5.11 Å². The van der Waals surface area contributed by atoms with Crippen molar-refractivity contribution in [3.8, 4) is 0 Å². The van der Waals surface area contributed by atoms with Crippen LogP contribution in [0.5, 0.6) is 0 Å². The summed E-state index contributed by atoms with van der Waals surface area (Å²) in [6, 6.07) is 20.4. The molecular weight excluding hydrogens is 268 g/mol. The summed E-state index contributed by atoms with van der Waals surface area (Å²) in [7, 11) is 0. The lowest BCUT2D eigenvalue weighted by Gasteiger charge is -2.36. The molecule has 0 fully saturated rings. The molecule has 2 aromatic carbocycles. The van der Waals surface area contributed by atoms with Crippen LogP contribution in [0, 0.1) is 0 Å². The van der Waals surface area contributed by atoms with E-state index in [9.17, 15) is 5.11 Å². The average molecular weight is 294 g/mol. The van der Waals surface area contributed by atoms with Crippen molar-refractivity contribution >= 4 is 0 Å². The van der Waals surface area contributed by atoms with Crippen LogP contribution in [0.3, 0.4) is 0 Å². The molecule has 0 radical (unpaired) electrons. The molecule has 0 aliphatic rings. The van der Waals surface area contributed by atoms with Crippen LogP contribution >= 0.6 is 0 Å². The van der Waals surface area contributed by atoms with E-state index in [4.69, 9.17) is 0 Å². The molecule has 22 heavy (non-hydrogen) atoms. The first-order chi connectivity index (χ1) is 10.7. The molecule has 0 aliphatic heterocycles. The summed E-state index contributed by atoms with van der Waals surface area (Å²) in [6.45, 7) is 5.96. The van der Waals surface area contributed by atoms with E-state index in [-0.39, 0.29) is 5.41 Å². The fraction of sp³-hybridized carbons (Fsp3) is 0.333. The molecule has 0 bridgehead atoms. The van der Waals surface area contributed by atoms with E-state index in [1.165, 1.54) is 5.56 Å². The van der Waals surface area contributed by atoms with Gasteiger partial charge in [-0.1, -0.05) is 80.1 Å². The molecule has 0 saturated carbocycles. The number of aliphatic hydroxyl groups is 1. The highest BCUT2D eigenvalue weighted by molar-refractivity contribution is 5.31. The van der Waals surface area contributed by atoms with Crippen molar-refractivity contribution in [3.05, 3.63) is 84.4 Å². The molecule has 1 nitrogen and oxygen atoms in total. The number of aliphatic hydroxyl groups excluding tert-OH is 1. The van der Waals surface area contributed by atoms with Gasteiger partial charge in [-0.2, -0.15) is 0 Å². The second kappa shape index (κ2) is 7.95. The zero-order valence-corrected chi connectivity index (χ0v) is 13.4. The second-order valence-electron chi connectivity index (χ2n) is 6.13. The molecule has 116 valence electrons. The summed E-state index contributed by atoms with van der Waals surface area (Å²) in [6.07, 6.45) is 5.66. The van der Waals surface area contributed by atoms with Crippen LogP contribution in [0.4, 0.5) is 0 Å². The van der Waals surface area contributed by atoms with E-state index in [1.54, 1.807) is 0 Å². The quantitative estimate of drug-likeness (QED) is 0.509. The van der Waals surface area contributed by atoms with Crippen LogP contribution in [0.2, 0.25) is 0 Å². The first kappa shape index (κ1) is 16.5. The van der Waals surface area contributed by atoms with Crippen LogP contribution in [0.1, 0.15) is 49.8 Å². The molecule has 1 N–H and O–H groups in total. The summed E-state index contributed by atoms with van der Waals surface area (Å²) in [4.78, 5) is 0. The zero-order valence-electron chi connectivity index (χ0n) is 13.4. The van der Waals surface area contributed by atoms with Crippen molar-refractivity contribution in [2.75, 3.05) is 0 Å². The summed E-state index contributed by atoms with van der Waals surface area (Å²) in [5.41, 5.74) is 1.91. The van der Waals surface area contributed by atoms with E-state index in [0.717, 1.165) is 31.2 Å². The van der Waals surface area contributed by atoms with Gasteiger partial charge >= 0.3 is 0 Å². The standard InChI is InChI=1S/C21H26O/c1-3-4-5-12-17-21(2,19-15-10-7-11-16-19)20(22)18-13-8-6-9-14-18/h3,6-11,13-16,20,22H,1,4-5,12,17H2,2H3/t20-,21+/m1/s1. The molecular formula is C21H26O. The number of benzene rings is 2. The number of allylic oxidation sites excluding steroid dienone is 1. The number of hydrogen-bond donors (Lipinski definition) is 1. The summed E-state index contributed by atoms with van der Waals surface area (Å²) in [5, 5.41) is 11.0. The maximum absolute atomic E-state index is 11.0. The Morgan fingerprint density at radius 2 is 1.59 bits per heavy atom. The Labute approximate surface area is 134 Å². The van der Waals surface area contributed by atoms with Gasteiger partial charge in [0.05, 0.1) is 6.10 Å². The number of rotatable bonds is 8. The summed E-state index contributed by atoms with van der Waals surface area (Å²) in [5.74, 6) is 0. The summed E-state index contributed by atoms with van der Waals surface area (Å²) >= 11 is 0. The Morgan fingerprint density at radius 3 is 2.18 bits per heavy atom. The lowest BCUT2D eigenvalue weighted by molar-refractivity contribution is 0.0821. The topological polar surface area (TPSA) is 20.2 Å². The highest BCUT2D eigenvalue weighted by atomic mass is 16.3. The van der Waals surface area contributed by atoms with Crippen LogP contribution < -0.4 is 0 Å². The smallest absolute Gasteiger partial charge is 0.0883 e. The minimum atomic E-state index is -0.500. The normalized spacial score (nSPS) is 15.0. The van der Waals surface area contributed by atoms with E-state index < -0.39 is 6.10 Å². The van der Waals surface area contributed by atoms with Crippen molar-refractivity contribution in [1.29, 1.82) is 0 Å². The van der Waals surface area contributed by atoms with Gasteiger partial charge in [-0.25, -0.2) is 0 Å². The van der Waals surface area contributed by atoms with Crippen LogP contribution in [-0.2, 0) is 5.41 Å². The van der Waals surface area contributed by atoms with Gasteiger partial charge < -0.3 is 5.11 Å². The minimum absolute atomic E-state index is 0.274. The molecule has 0 aliphatic carbocycles. The predicted molar refractivity (Wildman–Crippen MR) is 93.9 cm³/mol. The van der Waals surface area contributed by atoms with E-state index >= 15 is 0 Å². The lowest BCUT2D eigenvalue weighted by atomic mass is 9.71. The Morgan fingerprint density at radius 1 is 1.00 bits per heavy atom. The highest BCUT2D eigenvalue weighted by Crippen LogP contribution is 2.41. The molecule has 0 amide bonds. The van der Waals surface area contributed by atoms with Crippen molar-refractivity contribution in [2.24, 2.45) is 0 Å². The van der Waals surface area contributed by atoms with Crippen LogP contribution in [0.25, 0.3) is 0 Å². The molecule has 2 rings (SSSR count). The third kappa shape index (κ3) is 3.86. The van der Waals surface area contributed by atoms with Crippen molar-refractivity contribution in [1.82, 2.24) is 0 Å². The van der Waals surface area contributed by atoms with E-state index in [0.29, 0.717) is 0 Å². The maximum atomic E-state index is 11.0. The first-order valence-electron chi connectivity index (χ1n) is 8.08. The average Bonchev–Trinajstić information content (AvgIpc) is 2.59. The molecule has 1 heteroatoms. The third-order valence-corrected chi connectivity index (χ3v) is 4.51. The molecule has 0 unspecified atom stereocenters. The van der Waals surface area contributed by atoms with Gasteiger partial charge in [0.25, 0.3) is 0 Å². The zero-order chi connectivity index (χ0) is 15.8. The number of hydrogen-bond acceptors (Lipinski definition) is 1. The van der Waals surface area contributed by atoms with Crippen LogP contribution in [-0.4, -0.2) is 5.11 Å². The van der Waals surface area contributed by atoms with Crippen LogP contribution in [0.15, 0.2) is 73.3 Å². The van der Waals surface area contributed by atoms with Crippen molar-refractivity contribution in [3.63, 3.8) is 0 Å². The Hall–Kier alpha value is -1.86. The maximum Gasteiger partial charge on any atom is 0.0883 e. The molecule has 0 spiro atoms. The van der Waals surface area contributed by atoms with Gasteiger partial charge in [0.2, 0.25) is 0 Å². The third-order valence-electron chi connectivity index (χ3n) is 4.51. The largest absolute Gasteiger partial charge is 0.387 e. The van der Waals surface area contributed by atoms with Gasteiger partial charge in [-0.3, -0.25) is 0 Å². The Bertz CT molecular complexity index is 561. The van der Waals surface area contributed by atoms with E-state index in [1.807, 2.05) is 42.5 Å². The monoisotopic (exact) mass is 294 g/mol. The molecule has 0 aromatic heterocycles. The first-order valence-corrected chi connectivity index (χ1v) is 8.08. The predicted octanol–water partition coefficient (Wildman–Crippen LogP) is 5.42.